The third-order valence-corrected chi connectivity index (χ3v) is 4.88. The van der Waals surface area contributed by atoms with Gasteiger partial charge in [-0.3, -0.25) is 9.40 Å². The van der Waals surface area contributed by atoms with Crippen LogP contribution in [0.15, 0.2) is 27.9 Å². The number of rotatable bonds is 4. The van der Waals surface area contributed by atoms with Crippen molar-refractivity contribution in [2.45, 2.75) is 17.7 Å². The summed E-state index contributed by atoms with van der Waals surface area (Å²) >= 11 is 1.08. The van der Waals surface area contributed by atoms with Crippen LogP contribution >= 0.6 is 11.3 Å². The predicted molar refractivity (Wildman–Crippen MR) is 67.4 cm³/mol. The Morgan fingerprint density at radius 1 is 1.59 bits per heavy atom. The lowest BCUT2D eigenvalue weighted by Crippen LogP contribution is -2.12. The third-order valence-electron chi connectivity index (χ3n) is 2.06. The number of aryl methyl sites for hydroxylation is 1. The molecule has 0 aliphatic rings. The zero-order valence-electron chi connectivity index (χ0n) is 9.12. The van der Waals surface area contributed by atoms with Gasteiger partial charge < -0.3 is 5.73 Å². The highest BCUT2D eigenvalue weighted by Crippen LogP contribution is 2.23. The lowest BCUT2D eigenvalue weighted by Gasteiger charge is -2.02. The molecule has 3 N–H and O–H groups in total. The molecule has 0 saturated heterocycles. The Hall–Kier alpha value is -1.54. The fourth-order valence-electron chi connectivity index (χ4n) is 1.25. The van der Waals surface area contributed by atoms with Crippen LogP contribution in [0.25, 0.3) is 0 Å². The van der Waals surface area contributed by atoms with Gasteiger partial charge in [0.2, 0.25) is 0 Å². The number of nitrogen functional groups attached to an aromatic ring is 1. The Bertz CT molecular complexity index is 614. The highest BCUT2D eigenvalue weighted by atomic mass is 32.2. The third kappa shape index (κ3) is 2.59. The molecule has 0 amide bonds. The Balaban J connectivity index is 2.23. The van der Waals surface area contributed by atoms with E-state index in [1.54, 1.807) is 22.3 Å². The molecular weight excluding hydrogens is 260 g/mol. The van der Waals surface area contributed by atoms with Gasteiger partial charge in [-0.15, -0.1) is 11.3 Å². The molecule has 2 rings (SSSR count). The van der Waals surface area contributed by atoms with Crippen LogP contribution in [0, 0.1) is 0 Å². The summed E-state index contributed by atoms with van der Waals surface area (Å²) in [6, 6.07) is 3.03. The van der Waals surface area contributed by atoms with Crippen LogP contribution in [-0.2, 0) is 16.6 Å². The predicted octanol–water partition coefficient (Wildman–Crippen LogP) is 1.35. The molecule has 2 heterocycles. The second kappa shape index (κ2) is 4.38. The molecule has 0 aromatic carbocycles. The highest BCUT2D eigenvalue weighted by Gasteiger charge is 2.17. The molecule has 0 radical (unpaired) electrons. The van der Waals surface area contributed by atoms with Gasteiger partial charge in [0.05, 0.1) is 0 Å². The van der Waals surface area contributed by atoms with E-state index in [2.05, 4.69) is 9.82 Å². The first-order valence-corrected chi connectivity index (χ1v) is 7.28. The quantitative estimate of drug-likeness (QED) is 0.879. The van der Waals surface area contributed by atoms with Gasteiger partial charge in [0.25, 0.3) is 10.0 Å². The number of nitrogens with zero attached hydrogens (tertiary/aromatic N) is 2. The molecule has 0 bridgehead atoms. The Kier molecular flexibility index (Phi) is 3.07. The van der Waals surface area contributed by atoms with E-state index in [0.717, 1.165) is 11.3 Å². The summed E-state index contributed by atoms with van der Waals surface area (Å²) in [6.45, 7) is 2.61. The van der Waals surface area contributed by atoms with E-state index in [1.165, 1.54) is 6.07 Å². The average Bonchev–Trinajstić information content (AvgIpc) is 2.86. The van der Waals surface area contributed by atoms with E-state index in [-0.39, 0.29) is 4.21 Å². The number of hydrogen-bond acceptors (Lipinski definition) is 5. The minimum Gasteiger partial charge on any atom is -0.398 e. The Labute approximate surface area is 103 Å². The van der Waals surface area contributed by atoms with Crippen molar-refractivity contribution in [1.29, 1.82) is 0 Å². The van der Waals surface area contributed by atoms with E-state index in [0.29, 0.717) is 18.1 Å². The first kappa shape index (κ1) is 11.9. The molecule has 0 spiro atoms. The standard InChI is InChI=1S/C9H12N4O2S2/c1-2-13-4-3-8(11-13)12-17(14,15)9-5-7(10)6-16-9/h3-6H,2,10H2,1H3,(H,11,12). The fraction of sp³-hybridized carbons (Fsp3) is 0.222. The molecule has 2 aromatic rings. The molecule has 0 aliphatic carbocycles. The van der Waals surface area contributed by atoms with Crippen LogP contribution in [0.5, 0.6) is 0 Å². The lowest BCUT2D eigenvalue weighted by atomic mass is 10.6. The van der Waals surface area contributed by atoms with Gasteiger partial charge in [-0.2, -0.15) is 5.10 Å². The minimum absolute atomic E-state index is 0.182. The van der Waals surface area contributed by atoms with E-state index in [1.807, 2.05) is 6.92 Å². The topological polar surface area (TPSA) is 90.0 Å². The average molecular weight is 272 g/mol. The monoisotopic (exact) mass is 272 g/mol. The summed E-state index contributed by atoms with van der Waals surface area (Å²) in [7, 11) is -3.57. The molecule has 0 atom stereocenters. The second-order valence-electron chi connectivity index (χ2n) is 3.36. The summed E-state index contributed by atoms with van der Waals surface area (Å²) in [4.78, 5) is 0. The molecule has 0 unspecified atom stereocenters. The van der Waals surface area contributed by atoms with Crippen molar-refractivity contribution in [3.63, 3.8) is 0 Å². The number of aromatic nitrogens is 2. The van der Waals surface area contributed by atoms with Crippen molar-refractivity contribution < 1.29 is 8.42 Å². The maximum atomic E-state index is 11.9. The number of anilines is 2. The van der Waals surface area contributed by atoms with Crippen LogP contribution in [0.4, 0.5) is 11.5 Å². The van der Waals surface area contributed by atoms with Gasteiger partial charge in [-0.05, 0) is 13.0 Å². The molecule has 92 valence electrons. The van der Waals surface area contributed by atoms with Crippen LogP contribution < -0.4 is 10.5 Å². The van der Waals surface area contributed by atoms with Crippen LogP contribution in [0.3, 0.4) is 0 Å². The number of hydrogen-bond donors (Lipinski definition) is 2. The first-order chi connectivity index (χ1) is 8.01. The van der Waals surface area contributed by atoms with Gasteiger partial charge >= 0.3 is 0 Å². The number of sulfonamides is 1. The van der Waals surface area contributed by atoms with Crippen LogP contribution in [-0.4, -0.2) is 18.2 Å². The summed E-state index contributed by atoms with van der Waals surface area (Å²) < 4.78 is 28.0. The molecular formula is C9H12N4O2S2. The van der Waals surface area contributed by atoms with E-state index < -0.39 is 10.0 Å². The van der Waals surface area contributed by atoms with Crippen LogP contribution in [0.1, 0.15) is 6.92 Å². The zero-order chi connectivity index (χ0) is 12.5. The molecule has 8 heteroatoms. The van der Waals surface area contributed by atoms with E-state index >= 15 is 0 Å². The second-order valence-corrected chi connectivity index (χ2v) is 6.18. The van der Waals surface area contributed by atoms with Crippen molar-refractivity contribution in [2.24, 2.45) is 0 Å². The van der Waals surface area contributed by atoms with Crippen molar-refractivity contribution >= 4 is 32.9 Å². The molecule has 0 aliphatic heterocycles. The summed E-state index contributed by atoms with van der Waals surface area (Å²) in [5.74, 6) is 0.304. The molecule has 17 heavy (non-hydrogen) atoms. The summed E-state index contributed by atoms with van der Waals surface area (Å²) in [5.41, 5.74) is 5.93. The molecule has 2 aromatic heterocycles. The zero-order valence-corrected chi connectivity index (χ0v) is 10.8. The summed E-state index contributed by atoms with van der Waals surface area (Å²) in [5, 5.41) is 5.63. The maximum Gasteiger partial charge on any atom is 0.272 e. The number of nitrogens with two attached hydrogens (primary N) is 1. The Morgan fingerprint density at radius 3 is 2.88 bits per heavy atom. The molecule has 0 fully saturated rings. The van der Waals surface area contributed by atoms with Gasteiger partial charge in [0.1, 0.15) is 4.21 Å². The molecule has 6 nitrogen and oxygen atoms in total. The van der Waals surface area contributed by atoms with E-state index in [9.17, 15) is 8.42 Å². The molecule has 0 saturated carbocycles. The Morgan fingerprint density at radius 2 is 2.35 bits per heavy atom. The van der Waals surface area contributed by atoms with Crippen LogP contribution in [0.2, 0.25) is 0 Å². The van der Waals surface area contributed by atoms with Gasteiger partial charge in [0, 0.05) is 29.9 Å². The SMILES string of the molecule is CCn1ccc(NS(=O)(=O)c2cc(N)cs2)n1. The minimum atomic E-state index is -3.57. The summed E-state index contributed by atoms with van der Waals surface area (Å²) in [6.07, 6.45) is 1.71. The van der Waals surface area contributed by atoms with Crippen molar-refractivity contribution in [3.8, 4) is 0 Å². The number of thiophene rings is 1. The normalized spacial score (nSPS) is 11.6. The van der Waals surface area contributed by atoms with Gasteiger partial charge in [-0.1, -0.05) is 0 Å². The van der Waals surface area contributed by atoms with Crippen molar-refractivity contribution in [2.75, 3.05) is 10.5 Å². The highest BCUT2D eigenvalue weighted by molar-refractivity contribution is 7.94. The smallest absolute Gasteiger partial charge is 0.272 e. The largest absolute Gasteiger partial charge is 0.398 e. The number of nitrogens with one attached hydrogen (secondary N) is 1. The lowest BCUT2D eigenvalue weighted by molar-refractivity contribution is 0.602. The van der Waals surface area contributed by atoms with Crippen molar-refractivity contribution in [1.82, 2.24) is 9.78 Å². The first-order valence-electron chi connectivity index (χ1n) is 4.91. The fourth-order valence-corrected chi connectivity index (χ4v) is 3.33. The van der Waals surface area contributed by atoms with Gasteiger partial charge in [-0.25, -0.2) is 8.42 Å². The van der Waals surface area contributed by atoms with Crippen molar-refractivity contribution in [3.05, 3.63) is 23.7 Å². The van der Waals surface area contributed by atoms with Gasteiger partial charge in [0.15, 0.2) is 5.82 Å². The maximum absolute atomic E-state index is 11.9. The van der Waals surface area contributed by atoms with E-state index in [4.69, 9.17) is 5.73 Å².